The minimum Gasteiger partial charge on any atom is -0.507 e. The van der Waals surface area contributed by atoms with Gasteiger partial charge in [-0.05, 0) is 57.5 Å². The first-order chi connectivity index (χ1) is 17.3. The zero-order chi connectivity index (χ0) is 26.0. The summed E-state index contributed by atoms with van der Waals surface area (Å²) in [6, 6.07) is 13.0. The number of carbonyl (C=O) groups excluding carboxylic acids is 3. The molecule has 1 aliphatic heterocycles. The number of amides is 1. The van der Waals surface area contributed by atoms with Crippen LogP contribution in [0.15, 0.2) is 54.1 Å². The van der Waals surface area contributed by atoms with Crippen molar-refractivity contribution < 1.29 is 29.0 Å². The number of anilines is 1. The number of benzene rings is 2. The van der Waals surface area contributed by atoms with Crippen molar-refractivity contribution in [3.8, 4) is 5.75 Å². The molecule has 3 aromatic rings. The molecule has 1 aliphatic rings. The van der Waals surface area contributed by atoms with Gasteiger partial charge >= 0.3 is 11.9 Å². The van der Waals surface area contributed by atoms with Crippen molar-refractivity contribution in [2.45, 2.75) is 33.7 Å². The second-order valence-electron chi connectivity index (χ2n) is 8.17. The fourth-order valence-electron chi connectivity index (χ4n) is 4.00. The molecule has 1 atom stereocenters. The largest absolute Gasteiger partial charge is 0.507 e. The van der Waals surface area contributed by atoms with Gasteiger partial charge in [0.25, 0.3) is 5.78 Å². The summed E-state index contributed by atoms with van der Waals surface area (Å²) in [5.74, 6) is -1.90. The van der Waals surface area contributed by atoms with Crippen LogP contribution in [0.3, 0.4) is 0 Å². The van der Waals surface area contributed by atoms with Crippen LogP contribution >= 0.6 is 11.3 Å². The van der Waals surface area contributed by atoms with Crippen molar-refractivity contribution in [2.75, 3.05) is 18.1 Å². The summed E-state index contributed by atoms with van der Waals surface area (Å²) in [7, 11) is 0. The van der Waals surface area contributed by atoms with Gasteiger partial charge in [0.1, 0.15) is 16.4 Å². The summed E-state index contributed by atoms with van der Waals surface area (Å²) < 4.78 is 10.6. The monoisotopic (exact) mass is 506 g/mol. The first-order valence-corrected chi connectivity index (χ1v) is 12.3. The van der Waals surface area contributed by atoms with Gasteiger partial charge in [-0.3, -0.25) is 14.5 Å². The number of aromatic nitrogens is 1. The maximum atomic E-state index is 13.3. The van der Waals surface area contributed by atoms with Gasteiger partial charge < -0.3 is 14.6 Å². The molecule has 0 bridgehead atoms. The van der Waals surface area contributed by atoms with Gasteiger partial charge in [-0.1, -0.05) is 41.2 Å². The molecule has 1 N–H and O–H groups in total. The van der Waals surface area contributed by atoms with Crippen molar-refractivity contribution in [2.24, 2.45) is 0 Å². The smallest absolute Gasteiger partial charge is 0.350 e. The average Bonchev–Trinajstić information content (AvgIpc) is 3.37. The number of carbonyl (C=O) groups is 3. The molecule has 0 aliphatic carbocycles. The first kappa shape index (κ1) is 25.1. The Labute approximate surface area is 212 Å². The van der Waals surface area contributed by atoms with Gasteiger partial charge in [-0.15, -0.1) is 0 Å². The fraction of sp³-hybridized carbons (Fsp3) is 0.259. The molecule has 1 fully saturated rings. The minimum atomic E-state index is -0.933. The number of aliphatic hydroxyl groups is 1. The molecule has 186 valence electrons. The van der Waals surface area contributed by atoms with Gasteiger partial charge in [0.2, 0.25) is 0 Å². The Morgan fingerprint density at radius 2 is 1.69 bits per heavy atom. The number of aryl methyl sites for hydroxylation is 2. The normalized spacial score (nSPS) is 16.9. The molecule has 2 heterocycles. The first-order valence-electron chi connectivity index (χ1n) is 11.5. The third-order valence-electron chi connectivity index (χ3n) is 5.73. The number of ketones is 1. The molecule has 1 unspecified atom stereocenters. The highest BCUT2D eigenvalue weighted by Crippen LogP contribution is 2.44. The van der Waals surface area contributed by atoms with Crippen molar-refractivity contribution >= 4 is 39.9 Å². The van der Waals surface area contributed by atoms with E-state index in [1.165, 1.54) is 4.90 Å². The zero-order valence-corrected chi connectivity index (χ0v) is 21.2. The summed E-state index contributed by atoms with van der Waals surface area (Å²) in [4.78, 5) is 44.9. The van der Waals surface area contributed by atoms with Crippen molar-refractivity contribution in [1.29, 1.82) is 0 Å². The van der Waals surface area contributed by atoms with E-state index in [0.717, 1.165) is 16.9 Å². The predicted octanol–water partition coefficient (Wildman–Crippen LogP) is 4.96. The molecular weight excluding hydrogens is 480 g/mol. The highest BCUT2D eigenvalue weighted by molar-refractivity contribution is 7.17. The number of Topliss-reactive ketones (excluding diaryl/α,β-unsaturated/α-hetero) is 1. The lowest BCUT2D eigenvalue weighted by Crippen LogP contribution is -2.29. The molecule has 4 rings (SSSR count). The topological polar surface area (TPSA) is 106 Å². The second kappa shape index (κ2) is 10.3. The summed E-state index contributed by atoms with van der Waals surface area (Å²) in [5.41, 5.74) is 2.33. The van der Waals surface area contributed by atoms with E-state index in [-0.39, 0.29) is 27.9 Å². The second-order valence-corrected chi connectivity index (χ2v) is 9.15. The highest BCUT2D eigenvalue weighted by Gasteiger charge is 2.48. The van der Waals surface area contributed by atoms with E-state index >= 15 is 0 Å². The van der Waals surface area contributed by atoms with Crippen molar-refractivity contribution in [3.63, 3.8) is 0 Å². The van der Waals surface area contributed by atoms with Crippen LogP contribution in [-0.4, -0.2) is 41.0 Å². The van der Waals surface area contributed by atoms with Crippen LogP contribution in [0.5, 0.6) is 5.75 Å². The molecule has 9 heteroatoms. The maximum Gasteiger partial charge on any atom is 0.350 e. The Morgan fingerprint density at radius 1 is 1.03 bits per heavy atom. The summed E-state index contributed by atoms with van der Waals surface area (Å²) in [5, 5.41) is 11.4. The third kappa shape index (κ3) is 4.61. The lowest BCUT2D eigenvalue weighted by Gasteiger charge is -2.23. The molecule has 0 spiro atoms. The summed E-state index contributed by atoms with van der Waals surface area (Å²) in [6.45, 7) is 7.82. The number of thiazole rings is 1. The standard InChI is InChI=1S/C27H26N2O6S/c1-5-34-19-13-11-18(12-14-19)22(30)20-21(17-9-7-15(3)8-10-17)29(25(32)23(20)31)27-28-16(4)24(36-27)26(33)35-6-2/h7-14,21,30H,5-6H2,1-4H3/b22-20+. The van der Waals surface area contributed by atoms with Crippen LogP contribution in [0, 0.1) is 13.8 Å². The Bertz CT molecular complexity index is 1340. The van der Waals surface area contributed by atoms with E-state index in [0.29, 0.717) is 29.2 Å². The van der Waals surface area contributed by atoms with Gasteiger partial charge in [-0.2, -0.15) is 0 Å². The maximum absolute atomic E-state index is 13.3. The molecule has 36 heavy (non-hydrogen) atoms. The minimum absolute atomic E-state index is 0.0569. The molecule has 8 nitrogen and oxygen atoms in total. The van der Waals surface area contributed by atoms with Gasteiger partial charge in [0.05, 0.1) is 30.5 Å². The number of hydrogen-bond acceptors (Lipinski definition) is 8. The molecule has 0 radical (unpaired) electrons. The van der Waals surface area contributed by atoms with E-state index in [9.17, 15) is 19.5 Å². The third-order valence-corrected chi connectivity index (χ3v) is 6.87. The van der Waals surface area contributed by atoms with Gasteiger partial charge in [0, 0.05) is 5.56 Å². The Balaban J connectivity index is 1.87. The predicted molar refractivity (Wildman–Crippen MR) is 136 cm³/mol. The van der Waals surface area contributed by atoms with Crippen molar-refractivity contribution in [1.82, 2.24) is 4.98 Å². The van der Waals surface area contributed by atoms with E-state index in [2.05, 4.69) is 4.98 Å². The molecule has 1 aromatic heterocycles. The lowest BCUT2D eigenvalue weighted by atomic mass is 9.95. The molecular formula is C27H26N2O6S. The molecule has 2 aromatic carbocycles. The van der Waals surface area contributed by atoms with Crippen LogP contribution in [0.25, 0.3) is 5.76 Å². The number of nitrogens with zero attached hydrogens (tertiary/aromatic N) is 2. The fourth-order valence-corrected chi connectivity index (χ4v) is 4.98. The summed E-state index contributed by atoms with van der Waals surface area (Å²) >= 11 is 0.976. The number of aliphatic hydroxyl groups excluding tert-OH is 1. The van der Waals surface area contributed by atoms with Crippen LogP contribution in [0.2, 0.25) is 0 Å². The summed E-state index contributed by atoms with van der Waals surface area (Å²) in [6.07, 6.45) is 0. The van der Waals surface area contributed by atoms with Crippen LogP contribution < -0.4 is 9.64 Å². The Kier molecular flexibility index (Phi) is 7.21. The van der Waals surface area contributed by atoms with Gasteiger partial charge in [-0.25, -0.2) is 9.78 Å². The van der Waals surface area contributed by atoms with Crippen LogP contribution in [-0.2, 0) is 14.3 Å². The lowest BCUT2D eigenvalue weighted by molar-refractivity contribution is -0.132. The van der Waals surface area contributed by atoms with Gasteiger partial charge in [0.15, 0.2) is 5.13 Å². The number of rotatable bonds is 7. The molecule has 1 amide bonds. The van der Waals surface area contributed by atoms with Crippen LogP contribution in [0.4, 0.5) is 5.13 Å². The van der Waals surface area contributed by atoms with Crippen LogP contribution in [0.1, 0.15) is 51.9 Å². The zero-order valence-electron chi connectivity index (χ0n) is 20.4. The molecule has 1 saturated heterocycles. The van der Waals surface area contributed by atoms with Crippen molar-refractivity contribution in [3.05, 3.63) is 81.4 Å². The average molecular weight is 507 g/mol. The SMILES string of the molecule is CCOC(=O)c1sc(N2C(=O)C(=O)/C(=C(/O)c3ccc(OCC)cc3)C2c2ccc(C)cc2)nc1C. The Hall–Kier alpha value is -3.98. The quantitative estimate of drug-likeness (QED) is 0.209. The Morgan fingerprint density at radius 3 is 2.31 bits per heavy atom. The van der Waals surface area contributed by atoms with E-state index in [1.54, 1.807) is 50.2 Å². The molecule has 0 saturated carbocycles. The number of esters is 1. The van der Waals surface area contributed by atoms with E-state index in [1.807, 2.05) is 26.0 Å². The van der Waals surface area contributed by atoms with E-state index in [4.69, 9.17) is 9.47 Å². The number of hydrogen-bond donors (Lipinski definition) is 1. The highest BCUT2D eigenvalue weighted by atomic mass is 32.1. The number of ether oxygens (including phenoxy) is 2. The van der Waals surface area contributed by atoms with E-state index < -0.39 is 23.7 Å².